The van der Waals surface area contributed by atoms with Crippen LogP contribution in [0.25, 0.3) is 6.08 Å². The number of ether oxygens (including phenoxy) is 2. The lowest BCUT2D eigenvalue weighted by atomic mass is 10.1. The SMILES string of the molecule is COc1cccc(/C=C/C(=O)N[C@@H](C)c2ccccc2)c1OC. The van der Waals surface area contributed by atoms with Crippen LogP contribution in [0.4, 0.5) is 0 Å². The van der Waals surface area contributed by atoms with Crippen LogP contribution in [0, 0.1) is 0 Å². The number of methoxy groups -OCH3 is 2. The first-order valence-corrected chi connectivity index (χ1v) is 7.40. The molecule has 0 unspecified atom stereocenters. The summed E-state index contributed by atoms with van der Waals surface area (Å²) < 4.78 is 10.6. The number of carbonyl (C=O) groups excluding carboxylic acids is 1. The molecule has 1 N–H and O–H groups in total. The highest BCUT2D eigenvalue weighted by Gasteiger charge is 2.09. The number of hydrogen-bond donors (Lipinski definition) is 1. The molecule has 0 heterocycles. The number of para-hydroxylation sites is 1. The van der Waals surface area contributed by atoms with Crippen molar-refractivity contribution >= 4 is 12.0 Å². The quantitative estimate of drug-likeness (QED) is 0.829. The molecular weight excluding hydrogens is 290 g/mol. The molecule has 0 fully saturated rings. The lowest BCUT2D eigenvalue weighted by Crippen LogP contribution is -2.24. The highest BCUT2D eigenvalue weighted by atomic mass is 16.5. The molecule has 0 spiro atoms. The summed E-state index contributed by atoms with van der Waals surface area (Å²) in [6, 6.07) is 15.3. The van der Waals surface area contributed by atoms with Crippen LogP contribution in [0.5, 0.6) is 11.5 Å². The van der Waals surface area contributed by atoms with E-state index in [1.54, 1.807) is 20.3 Å². The minimum Gasteiger partial charge on any atom is -0.493 e. The van der Waals surface area contributed by atoms with Crippen molar-refractivity contribution in [3.05, 3.63) is 65.7 Å². The van der Waals surface area contributed by atoms with Crippen molar-refractivity contribution in [1.29, 1.82) is 0 Å². The molecule has 120 valence electrons. The highest BCUT2D eigenvalue weighted by Crippen LogP contribution is 2.31. The number of hydrogen-bond acceptors (Lipinski definition) is 3. The molecule has 2 aromatic rings. The van der Waals surface area contributed by atoms with Gasteiger partial charge in [-0.1, -0.05) is 42.5 Å². The molecule has 1 amide bonds. The molecule has 2 rings (SSSR count). The summed E-state index contributed by atoms with van der Waals surface area (Å²) in [7, 11) is 3.16. The summed E-state index contributed by atoms with van der Waals surface area (Å²) in [5.41, 5.74) is 1.85. The van der Waals surface area contributed by atoms with Crippen LogP contribution in [0.15, 0.2) is 54.6 Å². The van der Waals surface area contributed by atoms with Gasteiger partial charge in [0.15, 0.2) is 11.5 Å². The van der Waals surface area contributed by atoms with E-state index in [4.69, 9.17) is 9.47 Å². The van der Waals surface area contributed by atoms with Crippen LogP contribution < -0.4 is 14.8 Å². The van der Waals surface area contributed by atoms with Crippen LogP contribution in [0.1, 0.15) is 24.1 Å². The Bertz CT molecular complexity index is 680. The van der Waals surface area contributed by atoms with Crippen molar-refractivity contribution in [1.82, 2.24) is 5.32 Å². The Morgan fingerprint density at radius 1 is 1.04 bits per heavy atom. The maximum Gasteiger partial charge on any atom is 0.244 e. The van der Waals surface area contributed by atoms with Gasteiger partial charge >= 0.3 is 0 Å². The topological polar surface area (TPSA) is 47.6 Å². The van der Waals surface area contributed by atoms with Crippen LogP contribution >= 0.6 is 0 Å². The van der Waals surface area contributed by atoms with Crippen molar-refractivity contribution in [2.45, 2.75) is 13.0 Å². The summed E-state index contributed by atoms with van der Waals surface area (Å²) >= 11 is 0. The normalized spacial score (nSPS) is 12.0. The van der Waals surface area contributed by atoms with E-state index < -0.39 is 0 Å². The van der Waals surface area contributed by atoms with Crippen molar-refractivity contribution < 1.29 is 14.3 Å². The van der Waals surface area contributed by atoms with Gasteiger partial charge in [-0.05, 0) is 24.6 Å². The van der Waals surface area contributed by atoms with Gasteiger partial charge in [0.2, 0.25) is 5.91 Å². The summed E-state index contributed by atoms with van der Waals surface area (Å²) in [6.45, 7) is 1.95. The molecule has 0 saturated carbocycles. The van der Waals surface area contributed by atoms with E-state index in [1.165, 1.54) is 6.08 Å². The second kappa shape index (κ2) is 8.03. The van der Waals surface area contributed by atoms with E-state index in [9.17, 15) is 4.79 Å². The molecule has 0 aliphatic rings. The van der Waals surface area contributed by atoms with Crippen molar-refractivity contribution in [3.63, 3.8) is 0 Å². The zero-order valence-corrected chi connectivity index (χ0v) is 13.6. The van der Waals surface area contributed by atoms with Crippen molar-refractivity contribution in [2.24, 2.45) is 0 Å². The van der Waals surface area contributed by atoms with Crippen molar-refractivity contribution in [3.8, 4) is 11.5 Å². The minimum absolute atomic E-state index is 0.0550. The zero-order valence-electron chi connectivity index (χ0n) is 13.6. The maximum absolute atomic E-state index is 12.1. The Balaban J connectivity index is 2.07. The molecule has 0 aliphatic carbocycles. The standard InChI is InChI=1S/C19H21NO3/c1-14(15-8-5-4-6-9-15)20-18(21)13-12-16-10-7-11-17(22-2)19(16)23-3/h4-14H,1-3H3,(H,20,21)/b13-12+/t14-/m0/s1. The van der Waals surface area contributed by atoms with Crippen LogP contribution in [-0.4, -0.2) is 20.1 Å². The maximum atomic E-state index is 12.1. The molecule has 23 heavy (non-hydrogen) atoms. The van der Waals surface area contributed by atoms with E-state index in [1.807, 2.05) is 55.5 Å². The third-order valence-electron chi connectivity index (χ3n) is 3.51. The predicted octanol–water partition coefficient (Wildman–Crippen LogP) is 3.59. The lowest BCUT2D eigenvalue weighted by molar-refractivity contribution is -0.117. The smallest absolute Gasteiger partial charge is 0.244 e. The number of amides is 1. The van der Waals surface area contributed by atoms with E-state index in [0.717, 1.165) is 11.1 Å². The number of benzene rings is 2. The first-order chi connectivity index (χ1) is 11.2. The Kier molecular flexibility index (Phi) is 5.80. The van der Waals surface area contributed by atoms with Crippen LogP contribution in [0.3, 0.4) is 0 Å². The van der Waals surface area contributed by atoms with E-state index in [2.05, 4.69) is 5.32 Å². The zero-order chi connectivity index (χ0) is 16.7. The molecule has 0 saturated heterocycles. The average Bonchev–Trinajstić information content (AvgIpc) is 2.60. The van der Waals surface area contributed by atoms with Gasteiger partial charge in [-0.3, -0.25) is 4.79 Å². The summed E-state index contributed by atoms with van der Waals surface area (Å²) in [5, 5.41) is 2.93. The number of carbonyl (C=O) groups is 1. The van der Waals surface area contributed by atoms with Crippen LogP contribution in [-0.2, 0) is 4.79 Å². The Morgan fingerprint density at radius 3 is 2.43 bits per heavy atom. The monoisotopic (exact) mass is 311 g/mol. The van der Waals surface area contributed by atoms with Gasteiger partial charge in [-0.15, -0.1) is 0 Å². The largest absolute Gasteiger partial charge is 0.493 e. The molecular formula is C19H21NO3. The third kappa shape index (κ3) is 4.36. The average molecular weight is 311 g/mol. The van der Waals surface area contributed by atoms with Gasteiger partial charge < -0.3 is 14.8 Å². The van der Waals surface area contributed by atoms with E-state index in [0.29, 0.717) is 11.5 Å². The molecule has 4 nitrogen and oxygen atoms in total. The molecule has 1 atom stereocenters. The molecule has 0 aliphatic heterocycles. The van der Waals surface area contributed by atoms with Gasteiger partial charge in [-0.25, -0.2) is 0 Å². The molecule has 0 bridgehead atoms. The predicted molar refractivity (Wildman–Crippen MR) is 91.6 cm³/mol. The van der Waals surface area contributed by atoms with Gasteiger partial charge in [0.1, 0.15) is 0 Å². The third-order valence-corrected chi connectivity index (χ3v) is 3.51. The molecule has 4 heteroatoms. The Morgan fingerprint density at radius 2 is 1.78 bits per heavy atom. The second-order valence-electron chi connectivity index (χ2n) is 5.06. The summed E-state index contributed by atoms with van der Waals surface area (Å²) in [4.78, 5) is 12.1. The minimum atomic E-state index is -0.161. The van der Waals surface area contributed by atoms with E-state index in [-0.39, 0.29) is 11.9 Å². The van der Waals surface area contributed by atoms with Crippen LogP contribution in [0.2, 0.25) is 0 Å². The lowest BCUT2D eigenvalue weighted by Gasteiger charge is -2.13. The van der Waals surface area contributed by atoms with Gasteiger partial charge in [0, 0.05) is 11.6 Å². The summed E-state index contributed by atoms with van der Waals surface area (Å²) in [5.74, 6) is 1.08. The van der Waals surface area contributed by atoms with E-state index >= 15 is 0 Å². The number of nitrogens with one attached hydrogen (secondary N) is 1. The molecule has 2 aromatic carbocycles. The Hall–Kier alpha value is -2.75. The number of rotatable bonds is 6. The summed E-state index contributed by atoms with van der Waals surface area (Å²) in [6.07, 6.45) is 3.21. The van der Waals surface area contributed by atoms with Gasteiger partial charge in [0.25, 0.3) is 0 Å². The fourth-order valence-corrected chi connectivity index (χ4v) is 2.30. The van der Waals surface area contributed by atoms with Gasteiger partial charge in [-0.2, -0.15) is 0 Å². The molecule has 0 radical (unpaired) electrons. The van der Waals surface area contributed by atoms with Gasteiger partial charge in [0.05, 0.1) is 20.3 Å². The Labute approximate surface area is 136 Å². The fourth-order valence-electron chi connectivity index (χ4n) is 2.30. The first kappa shape index (κ1) is 16.6. The van der Waals surface area contributed by atoms with Crippen molar-refractivity contribution in [2.75, 3.05) is 14.2 Å². The fraction of sp³-hybridized carbons (Fsp3) is 0.211. The highest BCUT2D eigenvalue weighted by molar-refractivity contribution is 5.92. The first-order valence-electron chi connectivity index (χ1n) is 7.40. The second-order valence-corrected chi connectivity index (χ2v) is 5.06. The molecule has 0 aromatic heterocycles.